The van der Waals surface area contributed by atoms with Gasteiger partial charge in [0, 0.05) is 16.6 Å². The average Bonchev–Trinajstić information content (AvgIpc) is 3.34. The largest absolute Gasteiger partial charge is 0.493 e. The number of carbonyl (C=O) groups is 1. The standard InChI is InChI=1S/C23H16ClN5O4S/c1-32-19-9-13(2-5-18(19)33-12-20(30)28-23-26-6-7-34-23)8-14(11-25)21-27-17-4-3-15(24)10-16(17)22(31)29-21/h2-10H,12H2,1H3,(H,26,28,30)(H,27,29,31)/b14-8+. The third kappa shape index (κ3) is 5.23. The SMILES string of the molecule is COc1cc(/C=C(\C#N)c2nc3ccc(Cl)cc3c(=O)[nH]2)ccc1OCC(=O)Nc1nccs1. The number of nitrogens with one attached hydrogen (secondary N) is 2. The van der Waals surface area contributed by atoms with Gasteiger partial charge in [-0.15, -0.1) is 11.3 Å². The maximum Gasteiger partial charge on any atom is 0.264 e. The minimum Gasteiger partial charge on any atom is -0.493 e. The smallest absolute Gasteiger partial charge is 0.264 e. The van der Waals surface area contributed by atoms with Crippen molar-refractivity contribution < 1.29 is 14.3 Å². The highest BCUT2D eigenvalue weighted by molar-refractivity contribution is 7.13. The second-order valence-electron chi connectivity index (χ2n) is 6.83. The van der Waals surface area contributed by atoms with Crippen LogP contribution in [0.5, 0.6) is 11.5 Å². The van der Waals surface area contributed by atoms with Crippen LogP contribution < -0.4 is 20.3 Å². The number of nitriles is 1. The van der Waals surface area contributed by atoms with Crippen LogP contribution in [0.3, 0.4) is 0 Å². The number of halogens is 1. The fourth-order valence-electron chi connectivity index (χ4n) is 3.04. The van der Waals surface area contributed by atoms with Crippen molar-refractivity contribution in [2.45, 2.75) is 0 Å². The van der Waals surface area contributed by atoms with E-state index in [0.29, 0.717) is 38.1 Å². The van der Waals surface area contributed by atoms with E-state index in [9.17, 15) is 14.9 Å². The molecule has 0 atom stereocenters. The van der Waals surface area contributed by atoms with Crippen LogP contribution in [0.2, 0.25) is 5.02 Å². The number of aromatic nitrogens is 3. The summed E-state index contributed by atoms with van der Waals surface area (Å²) < 4.78 is 10.9. The van der Waals surface area contributed by atoms with Crippen molar-refractivity contribution >= 4 is 56.5 Å². The molecule has 4 aromatic rings. The number of hydrogen-bond acceptors (Lipinski definition) is 8. The Morgan fingerprint density at radius 1 is 1.29 bits per heavy atom. The molecule has 9 nitrogen and oxygen atoms in total. The molecule has 2 aromatic heterocycles. The van der Waals surface area contributed by atoms with E-state index in [-0.39, 0.29) is 23.9 Å². The Balaban J connectivity index is 1.56. The number of nitrogens with zero attached hydrogens (tertiary/aromatic N) is 3. The molecule has 0 spiro atoms. The van der Waals surface area contributed by atoms with Crippen LogP contribution in [0.25, 0.3) is 22.6 Å². The van der Waals surface area contributed by atoms with Crippen molar-refractivity contribution in [2.24, 2.45) is 0 Å². The molecular weight excluding hydrogens is 478 g/mol. The Kier molecular flexibility index (Phi) is 6.87. The Labute approximate surface area is 202 Å². The highest BCUT2D eigenvalue weighted by Gasteiger charge is 2.12. The number of amides is 1. The van der Waals surface area contributed by atoms with Crippen molar-refractivity contribution in [2.75, 3.05) is 19.0 Å². The maximum atomic E-state index is 12.4. The molecule has 0 saturated heterocycles. The van der Waals surface area contributed by atoms with E-state index >= 15 is 0 Å². The number of anilines is 1. The number of fused-ring (bicyclic) bond motifs is 1. The molecule has 0 fully saturated rings. The van der Waals surface area contributed by atoms with Gasteiger partial charge in [-0.05, 0) is 42.0 Å². The molecule has 0 unspecified atom stereocenters. The number of aromatic amines is 1. The highest BCUT2D eigenvalue weighted by Crippen LogP contribution is 2.29. The number of H-pyrrole nitrogens is 1. The van der Waals surface area contributed by atoms with Crippen LogP contribution in [0.1, 0.15) is 11.4 Å². The van der Waals surface area contributed by atoms with Crippen molar-refractivity contribution in [1.29, 1.82) is 5.26 Å². The average molecular weight is 494 g/mol. The van der Waals surface area contributed by atoms with Gasteiger partial charge in [-0.2, -0.15) is 5.26 Å². The Morgan fingerprint density at radius 3 is 2.88 bits per heavy atom. The lowest BCUT2D eigenvalue weighted by Crippen LogP contribution is -2.20. The summed E-state index contributed by atoms with van der Waals surface area (Å²) in [5, 5.41) is 15.3. The summed E-state index contributed by atoms with van der Waals surface area (Å²) in [4.78, 5) is 35.4. The Bertz CT molecular complexity index is 1490. The molecule has 2 aromatic carbocycles. The number of allylic oxidation sites excluding steroid dienone is 1. The molecule has 0 bridgehead atoms. The van der Waals surface area contributed by atoms with Gasteiger partial charge >= 0.3 is 0 Å². The minimum absolute atomic E-state index is 0.125. The van der Waals surface area contributed by atoms with Gasteiger partial charge in [0.2, 0.25) is 0 Å². The summed E-state index contributed by atoms with van der Waals surface area (Å²) in [5.41, 5.74) is 0.766. The highest BCUT2D eigenvalue weighted by atomic mass is 35.5. The zero-order valence-corrected chi connectivity index (χ0v) is 19.2. The fraction of sp³-hybridized carbons (Fsp3) is 0.0870. The van der Waals surface area contributed by atoms with Gasteiger partial charge in [0.25, 0.3) is 11.5 Å². The van der Waals surface area contributed by atoms with Crippen LogP contribution in [0.4, 0.5) is 5.13 Å². The predicted molar refractivity (Wildman–Crippen MR) is 130 cm³/mol. The van der Waals surface area contributed by atoms with Crippen molar-refractivity contribution in [3.8, 4) is 17.6 Å². The van der Waals surface area contributed by atoms with Crippen LogP contribution in [-0.4, -0.2) is 34.6 Å². The lowest BCUT2D eigenvalue weighted by molar-refractivity contribution is -0.118. The summed E-state index contributed by atoms with van der Waals surface area (Å²) >= 11 is 7.25. The van der Waals surface area contributed by atoms with Gasteiger partial charge in [-0.3, -0.25) is 14.9 Å². The zero-order chi connectivity index (χ0) is 24.1. The summed E-state index contributed by atoms with van der Waals surface area (Å²) in [6.07, 6.45) is 3.14. The van der Waals surface area contributed by atoms with Gasteiger partial charge in [-0.1, -0.05) is 17.7 Å². The first-order valence-corrected chi connectivity index (χ1v) is 11.0. The summed E-state index contributed by atoms with van der Waals surface area (Å²) in [6.45, 7) is -0.235. The third-order valence-corrected chi connectivity index (χ3v) is 5.50. The first kappa shape index (κ1) is 23.0. The molecular formula is C23H16ClN5O4S. The van der Waals surface area contributed by atoms with Crippen LogP contribution in [0.15, 0.2) is 52.8 Å². The molecule has 1 amide bonds. The molecule has 11 heteroatoms. The second-order valence-corrected chi connectivity index (χ2v) is 8.16. The Morgan fingerprint density at radius 2 is 2.15 bits per heavy atom. The molecule has 0 aliphatic carbocycles. The third-order valence-electron chi connectivity index (χ3n) is 4.58. The van der Waals surface area contributed by atoms with Gasteiger partial charge in [0.1, 0.15) is 6.07 Å². The summed E-state index contributed by atoms with van der Waals surface area (Å²) in [5.74, 6) is 0.477. The first-order valence-electron chi connectivity index (χ1n) is 9.79. The van der Waals surface area contributed by atoms with E-state index in [4.69, 9.17) is 21.1 Å². The zero-order valence-electron chi connectivity index (χ0n) is 17.7. The van der Waals surface area contributed by atoms with Crippen LogP contribution in [0, 0.1) is 11.3 Å². The molecule has 2 N–H and O–H groups in total. The van der Waals surface area contributed by atoms with E-state index in [1.54, 1.807) is 48.0 Å². The number of rotatable bonds is 7. The predicted octanol–water partition coefficient (Wildman–Crippen LogP) is 4.12. The molecule has 0 radical (unpaired) electrons. The van der Waals surface area contributed by atoms with E-state index in [1.807, 2.05) is 0 Å². The number of ether oxygens (including phenoxy) is 2. The number of hydrogen-bond donors (Lipinski definition) is 2. The molecule has 0 aliphatic rings. The topological polar surface area (TPSA) is 130 Å². The van der Waals surface area contributed by atoms with Crippen molar-refractivity contribution in [3.05, 3.63) is 74.7 Å². The summed E-state index contributed by atoms with van der Waals surface area (Å²) in [7, 11) is 1.46. The number of benzene rings is 2. The van der Waals surface area contributed by atoms with Crippen molar-refractivity contribution in [3.63, 3.8) is 0 Å². The normalized spacial score (nSPS) is 11.1. The van der Waals surface area contributed by atoms with E-state index in [1.165, 1.54) is 24.5 Å². The van der Waals surface area contributed by atoms with Crippen LogP contribution in [-0.2, 0) is 4.79 Å². The van der Waals surface area contributed by atoms with Crippen LogP contribution >= 0.6 is 22.9 Å². The monoisotopic (exact) mass is 493 g/mol. The lowest BCUT2D eigenvalue weighted by Gasteiger charge is -2.11. The molecule has 34 heavy (non-hydrogen) atoms. The minimum atomic E-state index is -0.402. The molecule has 0 saturated carbocycles. The number of methoxy groups -OCH3 is 1. The Hall–Kier alpha value is -4.20. The molecule has 170 valence electrons. The molecule has 4 rings (SSSR count). The second kappa shape index (κ2) is 10.2. The lowest BCUT2D eigenvalue weighted by atomic mass is 10.1. The quantitative estimate of drug-likeness (QED) is 0.370. The summed E-state index contributed by atoms with van der Waals surface area (Å²) in [6, 6.07) is 11.8. The van der Waals surface area contributed by atoms with Crippen molar-refractivity contribution in [1.82, 2.24) is 15.0 Å². The van der Waals surface area contributed by atoms with Gasteiger partial charge < -0.3 is 14.5 Å². The van der Waals surface area contributed by atoms with E-state index in [2.05, 4.69) is 26.3 Å². The van der Waals surface area contributed by atoms with E-state index < -0.39 is 5.56 Å². The maximum absolute atomic E-state index is 12.4. The van der Waals surface area contributed by atoms with Gasteiger partial charge in [-0.25, -0.2) is 9.97 Å². The van der Waals surface area contributed by atoms with E-state index in [0.717, 1.165) is 0 Å². The van der Waals surface area contributed by atoms with Gasteiger partial charge in [0.05, 0.1) is 23.6 Å². The number of thiazole rings is 1. The number of carbonyl (C=O) groups excluding carboxylic acids is 1. The molecule has 2 heterocycles. The fourth-order valence-corrected chi connectivity index (χ4v) is 3.75. The van der Waals surface area contributed by atoms with Gasteiger partial charge in [0.15, 0.2) is 29.1 Å². The molecule has 0 aliphatic heterocycles. The first-order chi connectivity index (χ1) is 16.5.